The van der Waals surface area contributed by atoms with Crippen LogP contribution in [0.3, 0.4) is 0 Å². The van der Waals surface area contributed by atoms with Crippen molar-refractivity contribution in [1.29, 1.82) is 0 Å². The molecule has 0 saturated carbocycles. The van der Waals surface area contributed by atoms with Crippen LogP contribution >= 0.6 is 27.7 Å². The highest BCUT2D eigenvalue weighted by molar-refractivity contribution is 9.10. The van der Waals surface area contributed by atoms with Crippen LogP contribution in [0.15, 0.2) is 27.8 Å². The lowest BCUT2D eigenvalue weighted by Crippen LogP contribution is -1.90. The predicted octanol–water partition coefficient (Wildman–Crippen LogP) is 3.72. The maximum absolute atomic E-state index is 12.3. The standard InChI is InChI=1S/C9H7BrF2N2S/c1-5-8(15-9(11)12)14-4-2-3-6(10)7(14)13-5/h2-4,9H,1H3. The van der Waals surface area contributed by atoms with Gasteiger partial charge in [0.05, 0.1) is 10.2 Å². The van der Waals surface area contributed by atoms with Gasteiger partial charge in [0.2, 0.25) is 0 Å². The average molecular weight is 293 g/mol. The number of halogens is 3. The monoisotopic (exact) mass is 292 g/mol. The molecule has 2 rings (SSSR count). The molecule has 15 heavy (non-hydrogen) atoms. The third-order valence-electron chi connectivity index (χ3n) is 1.92. The molecule has 6 heteroatoms. The molecular weight excluding hydrogens is 286 g/mol. The average Bonchev–Trinajstić information content (AvgIpc) is 2.45. The van der Waals surface area contributed by atoms with Crippen molar-refractivity contribution in [3.8, 4) is 0 Å². The van der Waals surface area contributed by atoms with Crippen molar-refractivity contribution in [2.75, 3.05) is 0 Å². The fraction of sp³-hybridized carbons (Fsp3) is 0.222. The first-order valence-electron chi connectivity index (χ1n) is 4.17. The van der Waals surface area contributed by atoms with Crippen LogP contribution in [0.4, 0.5) is 8.78 Å². The first-order valence-corrected chi connectivity index (χ1v) is 5.85. The zero-order chi connectivity index (χ0) is 11.0. The zero-order valence-corrected chi connectivity index (χ0v) is 10.1. The van der Waals surface area contributed by atoms with Crippen molar-refractivity contribution in [3.63, 3.8) is 0 Å². The summed E-state index contributed by atoms with van der Waals surface area (Å²) in [5, 5.41) is 0.487. The Balaban J connectivity index is 2.63. The number of rotatable bonds is 2. The van der Waals surface area contributed by atoms with E-state index in [-0.39, 0.29) is 0 Å². The molecule has 2 aromatic rings. The fourth-order valence-corrected chi connectivity index (χ4v) is 2.43. The van der Waals surface area contributed by atoms with E-state index in [0.29, 0.717) is 28.1 Å². The molecule has 0 amide bonds. The summed E-state index contributed by atoms with van der Waals surface area (Å²) in [7, 11) is 0. The van der Waals surface area contributed by atoms with Crippen LogP contribution in [-0.4, -0.2) is 15.1 Å². The van der Waals surface area contributed by atoms with Crippen LogP contribution in [0.2, 0.25) is 0 Å². The molecule has 0 aromatic carbocycles. The molecule has 0 atom stereocenters. The van der Waals surface area contributed by atoms with Crippen LogP contribution in [-0.2, 0) is 0 Å². The van der Waals surface area contributed by atoms with Gasteiger partial charge in [-0.25, -0.2) is 4.98 Å². The second-order valence-electron chi connectivity index (χ2n) is 2.93. The molecule has 0 radical (unpaired) electrons. The molecule has 0 aliphatic heterocycles. The number of aryl methyl sites for hydroxylation is 1. The van der Waals surface area contributed by atoms with Crippen LogP contribution in [0.25, 0.3) is 5.65 Å². The molecule has 0 aliphatic carbocycles. The zero-order valence-electron chi connectivity index (χ0n) is 7.75. The largest absolute Gasteiger partial charge is 0.293 e. The number of imidazole rings is 1. The van der Waals surface area contributed by atoms with Crippen molar-refractivity contribution in [3.05, 3.63) is 28.5 Å². The lowest BCUT2D eigenvalue weighted by molar-refractivity contribution is 0.251. The van der Waals surface area contributed by atoms with Gasteiger partial charge in [-0.3, -0.25) is 4.40 Å². The number of pyridine rings is 1. The molecule has 0 spiro atoms. The molecular formula is C9H7BrF2N2S. The van der Waals surface area contributed by atoms with Gasteiger partial charge >= 0.3 is 0 Å². The Labute approximate surface area is 97.8 Å². The third-order valence-corrected chi connectivity index (χ3v) is 3.43. The van der Waals surface area contributed by atoms with Crippen molar-refractivity contribution < 1.29 is 8.78 Å². The van der Waals surface area contributed by atoms with Crippen LogP contribution in [0, 0.1) is 6.92 Å². The van der Waals surface area contributed by atoms with Gasteiger partial charge in [0, 0.05) is 6.20 Å². The van der Waals surface area contributed by atoms with Crippen LogP contribution in [0.1, 0.15) is 5.69 Å². The molecule has 2 heterocycles. The molecule has 0 N–H and O–H groups in total. The van der Waals surface area contributed by atoms with E-state index in [4.69, 9.17) is 0 Å². The third kappa shape index (κ3) is 2.01. The summed E-state index contributed by atoms with van der Waals surface area (Å²) in [6.07, 6.45) is 1.73. The highest BCUT2D eigenvalue weighted by atomic mass is 79.9. The first kappa shape index (κ1) is 10.9. The maximum Gasteiger partial charge on any atom is 0.290 e. The molecule has 0 aliphatic rings. The van der Waals surface area contributed by atoms with E-state index < -0.39 is 5.76 Å². The lowest BCUT2D eigenvalue weighted by Gasteiger charge is -2.01. The van der Waals surface area contributed by atoms with E-state index in [9.17, 15) is 8.78 Å². The molecule has 2 nitrogen and oxygen atoms in total. The Kier molecular flexibility index (Phi) is 2.97. The van der Waals surface area contributed by atoms with Gasteiger partial charge in [-0.05, 0) is 46.7 Å². The van der Waals surface area contributed by atoms with Crippen molar-refractivity contribution in [1.82, 2.24) is 9.38 Å². The number of fused-ring (bicyclic) bond motifs is 1. The minimum Gasteiger partial charge on any atom is -0.293 e. The predicted molar refractivity (Wildman–Crippen MR) is 59.5 cm³/mol. The van der Waals surface area contributed by atoms with Gasteiger partial charge in [-0.1, -0.05) is 0 Å². The van der Waals surface area contributed by atoms with Crippen LogP contribution < -0.4 is 0 Å². The van der Waals surface area contributed by atoms with Gasteiger partial charge in [0.15, 0.2) is 5.65 Å². The molecule has 0 fully saturated rings. The second-order valence-corrected chi connectivity index (χ2v) is 4.76. The molecule has 0 bridgehead atoms. The highest BCUT2D eigenvalue weighted by Gasteiger charge is 2.15. The molecule has 2 aromatic heterocycles. The molecule has 0 unspecified atom stereocenters. The number of hydrogen-bond donors (Lipinski definition) is 0. The van der Waals surface area contributed by atoms with Crippen molar-refractivity contribution >= 4 is 33.3 Å². The van der Waals surface area contributed by atoms with E-state index in [2.05, 4.69) is 20.9 Å². The maximum atomic E-state index is 12.3. The second kappa shape index (κ2) is 4.09. The van der Waals surface area contributed by atoms with E-state index in [1.807, 2.05) is 6.07 Å². The summed E-state index contributed by atoms with van der Waals surface area (Å²) in [5.41, 5.74) is 1.28. The summed E-state index contributed by atoms with van der Waals surface area (Å²) < 4.78 is 27.1. The van der Waals surface area contributed by atoms with Gasteiger partial charge in [0.25, 0.3) is 5.76 Å². The van der Waals surface area contributed by atoms with Gasteiger partial charge in [-0.2, -0.15) is 8.78 Å². The number of nitrogens with zero attached hydrogens (tertiary/aromatic N) is 2. The van der Waals surface area contributed by atoms with Crippen LogP contribution in [0.5, 0.6) is 0 Å². The SMILES string of the molecule is Cc1nc2c(Br)cccn2c1SC(F)F. The Morgan fingerprint density at radius 3 is 2.93 bits per heavy atom. The minimum atomic E-state index is -2.43. The Morgan fingerprint density at radius 1 is 1.53 bits per heavy atom. The minimum absolute atomic E-state index is 0.487. The number of hydrogen-bond acceptors (Lipinski definition) is 2. The number of thioether (sulfide) groups is 1. The molecule has 80 valence electrons. The Morgan fingerprint density at radius 2 is 2.27 bits per heavy atom. The quantitative estimate of drug-likeness (QED) is 0.785. The normalized spacial score (nSPS) is 11.5. The lowest BCUT2D eigenvalue weighted by atomic mass is 10.5. The molecule has 0 saturated heterocycles. The summed E-state index contributed by atoms with van der Waals surface area (Å²) >= 11 is 3.85. The Hall–Kier alpha value is -0.620. The summed E-state index contributed by atoms with van der Waals surface area (Å²) in [6.45, 7) is 1.73. The smallest absolute Gasteiger partial charge is 0.290 e. The van der Waals surface area contributed by atoms with Crippen molar-refractivity contribution in [2.45, 2.75) is 17.7 Å². The summed E-state index contributed by atoms with van der Waals surface area (Å²) in [5.74, 6) is -2.43. The van der Waals surface area contributed by atoms with Gasteiger partial charge < -0.3 is 0 Å². The van der Waals surface area contributed by atoms with E-state index >= 15 is 0 Å². The van der Waals surface area contributed by atoms with Gasteiger partial charge in [-0.15, -0.1) is 0 Å². The summed E-state index contributed by atoms with van der Waals surface area (Å²) in [4.78, 5) is 4.23. The Bertz CT molecular complexity index is 498. The first-order chi connectivity index (χ1) is 7.09. The number of aromatic nitrogens is 2. The van der Waals surface area contributed by atoms with E-state index in [0.717, 1.165) is 4.47 Å². The van der Waals surface area contributed by atoms with Gasteiger partial charge in [0.1, 0.15) is 5.03 Å². The van der Waals surface area contributed by atoms with E-state index in [1.165, 1.54) is 0 Å². The fourth-order valence-electron chi connectivity index (χ4n) is 1.35. The summed E-state index contributed by atoms with van der Waals surface area (Å²) in [6, 6.07) is 3.62. The van der Waals surface area contributed by atoms with E-state index in [1.54, 1.807) is 23.6 Å². The number of alkyl halides is 2. The van der Waals surface area contributed by atoms with Crippen molar-refractivity contribution in [2.24, 2.45) is 0 Å². The highest BCUT2D eigenvalue weighted by Crippen LogP contribution is 2.30. The topological polar surface area (TPSA) is 17.3 Å².